The normalized spacial score (nSPS) is 12.0. The van der Waals surface area contributed by atoms with E-state index in [0.29, 0.717) is 5.65 Å². The third-order valence-corrected chi connectivity index (χ3v) is 3.23. The number of esters is 1. The fraction of sp³-hybridized carbons (Fsp3) is 0.214. The maximum atomic E-state index is 13.2. The molecule has 0 saturated heterocycles. The van der Waals surface area contributed by atoms with Crippen LogP contribution in [0.2, 0.25) is 0 Å². The van der Waals surface area contributed by atoms with Gasteiger partial charge in [-0.2, -0.15) is 13.2 Å². The lowest BCUT2D eigenvalue weighted by Crippen LogP contribution is -2.08. The van der Waals surface area contributed by atoms with Gasteiger partial charge in [-0.1, -0.05) is 0 Å². The van der Waals surface area contributed by atoms with Crippen LogP contribution in [-0.2, 0) is 10.9 Å². The Bertz CT molecular complexity index is 900. The monoisotopic (exact) mass is 309 g/mol. The Labute approximate surface area is 122 Å². The van der Waals surface area contributed by atoms with Crippen LogP contribution in [0.1, 0.15) is 21.7 Å². The summed E-state index contributed by atoms with van der Waals surface area (Å²) in [5.41, 5.74) is -0.135. The number of hydrogen-bond donors (Lipinski definition) is 0. The molecule has 0 aliphatic heterocycles. The lowest BCUT2D eigenvalue weighted by molar-refractivity contribution is -0.136. The fourth-order valence-corrected chi connectivity index (χ4v) is 2.29. The first-order valence-electron chi connectivity index (χ1n) is 6.26. The minimum atomic E-state index is -4.49. The fourth-order valence-electron chi connectivity index (χ4n) is 2.29. The number of ether oxygens (including phenoxy) is 1. The van der Waals surface area contributed by atoms with E-state index in [4.69, 9.17) is 0 Å². The van der Waals surface area contributed by atoms with Gasteiger partial charge in [0, 0.05) is 17.3 Å². The van der Waals surface area contributed by atoms with Crippen molar-refractivity contribution in [1.82, 2.24) is 14.4 Å². The summed E-state index contributed by atoms with van der Waals surface area (Å²) in [6.07, 6.45) is -3.18. The highest BCUT2D eigenvalue weighted by atomic mass is 19.4. The molecule has 114 valence electrons. The van der Waals surface area contributed by atoms with Gasteiger partial charge in [0.2, 0.25) is 0 Å². The maximum absolute atomic E-state index is 13.2. The molecule has 8 heteroatoms. The number of halogens is 3. The number of methoxy groups -OCH3 is 1. The van der Waals surface area contributed by atoms with Crippen molar-refractivity contribution < 1.29 is 22.7 Å². The smallest absolute Gasteiger partial charge is 0.417 e. The van der Waals surface area contributed by atoms with Gasteiger partial charge in [0.25, 0.3) is 0 Å². The third kappa shape index (κ3) is 2.16. The first kappa shape index (κ1) is 14.3. The quantitative estimate of drug-likeness (QED) is 0.648. The molecule has 3 rings (SSSR count). The van der Waals surface area contributed by atoms with Gasteiger partial charge in [0.1, 0.15) is 11.3 Å². The van der Waals surface area contributed by atoms with E-state index in [1.165, 1.54) is 36.8 Å². The van der Waals surface area contributed by atoms with Crippen LogP contribution < -0.4 is 0 Å². The predicted molar refractivity (Wildman–Crippen MR) is 71.6 cm³/mol. The average molecular weight is 309 g/mol. The number of pyridine rings is 2. The molecule has 0 radical (unpaired) electrons. The van der Waals surface area contributed by atoms with Crippen molar-refractivity contribution in [1.29, 1.82) is 0 Å². The van der Waals surface area contributed by atoms with Crippen LogP contribution in [0.4, 0.5) is 13.2 Å². The van der Waals surface area contributed by atoms with Crippen molar-refractivity contribution in [2.45, 2.75) is 13.1 Å². The van der Waals surface area contributed by atoms with Crippen LogP contribution in [-0.4, -0.2) is 27.4 Å². The van der Waals surface area contributed by atoms with Gasteiger partial charge in [-0.25, -0.2) is 14.8 Å². The Morgan fingerprint density at radius 3 is 2.64 bits per heavy atom. The summed E-state index contributed by atoms with van der Waals surface area (Å²) in [4.78, 5) is 19.7. The summed E-state index contributed by atoms with van der Waals surface area (Å²) in [6.45, 7) is 1.48. The Kier molecular flexibility index (Phi) is 3.05. The zero-order valence-electron chi connectivity index (χ0n) is 11.6. The number of hydrogen-bond acceptors (Lipinski definition) is 4. The topological polar surface area (TPSA) is 56.5 Å². The second-order valence-corrected chi connectivity index (χ2v) is 4.73. The Morgan fingerprint density at radius 1 is 1.27 bits per heavy atom. The molecule has 3 aromatic rings. The molecule has 0 N–H and O–H groups in total. The Hall–Kier alpha value is -2.64. The van der Waals surface area contributed by atoms with E-state index in [2.05, 4.69) is 14.7 Å². The van der Waals surface area contributed by atoms with Crippen LogP contribution in [0, 0.1) is 6.92 Å². The number of aromatic nitrogens is 3. The number of carbonyl (C=O) groups is 1. The van der Waals surface area contributed by atoms with E-state index in [-0.39, 0.29) is 22.4 Å². The molecule has 0 amide bonds. The molecule has 3 heterocycles. The molecular weight excluding hydrogens is 299 g/mol. The molecule has 0 aliphatic rings. The third-order valence-electron chi connectivity index (χ3n) is 3.23. The van der Waals surface area contributed by atoms with Crippen LogP contribution >= 0.6 is 0 Å². The van der Waals surface area contributed by atoms with Gasteiger partial charge in [-0.15, -0.1) is 0 Å². The number of carbonyl (C=O) groups excluding carboxylic acids is 1. The highest BCUT2D eigenvalue weighted by Crippen LogP contribution is 2.35. The summed E-state index contributed by atoms with van der Waals surface area (Å²) in [5, 5.41) is -0.0561. The molecule has 3 aromatic heterocycles. The second kappa shape index (κ2) is 4.69. The lowest BCUT2D eigenvalue weighted by atomic mass is 10.1. The Balaban J connectivity index is 2.39. The Morgan fingerprint density at radius 2 is 2.00 bits per heavy atom. The standard InChI is InChI=1S/C14H10F3N3O2/c1-7-5-9(14(15,16)17)8-3-4-11-19-10(13(21)22-2)6-20(11)12(8)18-7/h3-6H,1-2H3. The highest BCUT2D eigenvalue weighted by Gasteiger charge is 2.33. The molecule has 0 spiro atoms. The van der Waals surface area contributed by atoms with E-state index >= 15 is 0 Å². The largest absolute Gasteiger partial charge is 0.464 e. The number of rotatable bonds is 1. The molecule has 22 heavy (non-hydrogen) atoms. The molecule has 0 aliphatic carbocycles. The SMILES string of the molecule is COC(=O)c1cn2c(ccc3c(C(F)(F)F)cc(C)nc32)n1. The summed E-state index contributed by atoms with van der Waals surface area (Å²) in [7, 11) is 1.20. The first-order chi connectivity index (χ1) is 10.3. The minimum Gasteiger partial charge on any atom is -0.464 e. The number of nitrogens with zero attached hydrogens (tertiary/aromatic N) is 3. The molecule has 0 fully saturated rings. The van der Waals surface area contributed by atoms with Gasteiger partial charge in [-0.3, -0.25) is 4.40 Å². The van der Waals surface area contributed by atoms with Crippen LogP contribution in [0.25, 0.3) is 16.7 Å². The number of imidazole rings is 1. The highest BCUT2D eigenvalue weighted by molar-refractivity contribution is 5.89. The zero-order chi connectivity index (χ0) is 16.1. The van der Waals surface area contributed by atoms with E-state index in [9.17, 15) is 18.0 Å². The minimum absolute atomic E-state index is 0.00636. The van der Waals surface area contributed by atoms with Crippen LogP contribution in [0.3, 0.4) is 0 Å². The summed E-state index contributed by atoms with van der Waals surface area (Å²) >= 11 is 0. The molecule has 0 aromatic carbocycles. The van der Waals surface area contributed by atoms with Gasteiger partial charge in [0.05, 0.1) is 12.7 Å². The zero-order valence-corrected chi connectivity index (χ0v) is 11.6. The van der Waals surface area contributed by atoms with E-state index in [1.54, 1.807) is 0 Å². The molecule has 0 atom stereocenters. The van der Waals surface area contributed by atoms with Crippen molar-refractivity contribution >= 4 is 22.6 Å². The summed E-state index contributed by atoms with van der Waals surface area (Å²) < 4.78 is 45.4. The first-order valence-corrected chi connectivity index (χ1v) is 6.26. The van der Waals surface area contributed by atoms with Gasteiger partial charge < -0.3 is 4.74 Å². The van der Waals surface area contributed by atoms with Gasteiger partial charge in [-0.05, 0) is 25.1 Å². The number of alkyl halides is 3. The average Bonchev–Trinajstić information content (AvgIpc) is 2.89. The second-order valence-electron chi connectivity index (χ2n) is 4.73. The van der Waals surface area contributed by atoms with Crippen molar-refractivity contribution in [3.8, 4) is 0 Å². The van der Waals surface area contributed by atoms with Crippen molar-refractivity contribution in [3.63, 3.8) is 0 Å². The predicted octanol–water partition coefficient (Wildman–Crippen LogP) is 3.00. The van der Waals surface area contributed by atoms with E-state index in [1.807, 2.05) is 0 Å². The van der Waals surface area contributed by atoms with Crippen LogP contribution in [0.15, 0.2) is 24.4 Å². The molecule has 5 nitrogen and oxygen atoms in total. The summed E-state index contributed by atoms with van der Waals surface area (Å²) in [5.74, 6) is -0.666. The van der Waals surface area contributed by atoms with Crippen molar-refractivity contribution in [3.05, 3.63) is 41.3 Å². The van der Waals surface area contributed by atoms with Crippen LogP contribution in [0.5, 0.6) is 0 Å². The summed E-state index contributed by atoms with van der Waals surface area (Å²) in [6, 6.07) is 3.70. The molecule has 0 bridgehead atoms. The number of aryl methyl sites for hydroxylation is 1. The molecule has 0 unspecified atom stereocenters. The molecular formula is C14H10F3N3O2. The maximum Gasteiger partial charge on any atom is 0.417 e. The lowest BCUT2D eigenvalue weighted by Gasteiger charge is -2.11. The number of fused-ring (bicyclic) bond motifs is 3. The van der Waals surface area contributed by atoms with Crippen molar-refractivity contribution in [2.24, 2.45) is 0 Å². The van der Waals surface area contributed by atoms with E-state index in [0.717, 1.165) is 6.07 Å². The van der Waals surface area contributed by atoms with Crippen molar-refractivity contribution in [2.75, 3.05) is 7.11 Å². The van der Waals surface area contributed by atoms with E-state index < -0.39 is 17.7 Å². The van der Waals surface area contributed by atoms with Gasteiger partial charge in [0.15, 0.2) is 5.69 Å². The van der Waals surface area contributed by atoms with Gasteiger partial charge >= 0.3 is 12.1 Å². The molecule has 0 saturated carbocycles.